The molecular weight excluding hydrogens is 352 g/mol. The second-order valence-corrected chi connectivity index (χ2v) is 5.52. The van der Waals surface area contributed by atoms with Crippen LogP contribution in [0, 0.1) is 10.1 Å². The van der Waals surface area contributed by atoms with Gasteiger partial charge in [-0.3, -0.25) is 10.1 Å². The molecule has 27 heavy (non-hydrogen) atoms. The lowest BCUT2D eigenvalue weighted by Crippen LogP contribution is -2.24. The van der Waals surface area contributed by atoms with E-state index in [4.69, 9.17) is 9.84 Å². The Bertz CT molecular complexity index is 849. The minimum Gasteiger partial charge on any atom is -0.478 e. The van der Waals surface area contributed by atoms with Crippen molar-refractivity contribution >= 4 is 23.8 Å². The molecule has 0 aliphatic rings. The Balaban J connectivity index is 1.81. The first-order valence-corrected chi connectivity index (χ1v) is 8.10. The molecule has 8 heteroatoms. The van der Waals surface area contributed by atoms with Crippen molar-refractivity contribution in [3.63, 3.8) is 0 Å². The molecule has 0 aliphatic carbocycles. The number of hydrogen-bond acceptors (Lipinski definition) is 5. The number of carboxylic acids is 1. The highest BCUT2D eigenvalue weighted by Gasteiger charge is 2.15. The molecule has 2 N–H and O–H groups in total. The molecule has 0 atom stereocenters. The SMILES string of the molecule is O=C(NCCC=Cc1ccc(C(=O)O)cc1[N+](=O)[O-])OCc1ccccc1. The molecule has 0 aliphatic heterocycles. The zero-order valence-corrected chi connectivity index (χ0v) is 14.3. The summed E-state index contributed by atoms with van der Waals surface area (Å²) in [6.45, 7) is 0.468. The first kappa shape index (κ1) is 19.6. The van der Waals surface area contributed by atoms with Gasteiger partial charge in [-0.05, 0) is 24.1 Å². The first-order chi connectivity index (χ1) is 13.0. The number of ether oxygens (including phenoxy) is 1. The van der Waals surface area contributed by atoms with Gasteiger partial charge < -0.3 is 15.2 Å². The van der Waals surface area contributed by atoms with Crippen molar-refractivity contribution in [1.82, 2.24) is 5.32 Å². The fourth-order valence-corrected chi connectivity index (χ4v) is 2.22. The minimum absolute atomic E-state index is 0.151. The lowest BCUT2D eigenvalue weighted by Gasteiger charge is -2.06. The van der Waals surface area contributed by atoms with Gasteiger partial charge in [0.25, 0.3) is 5.69 Å². The van der Waals surface area contributed by atoms with E-state index in [0.29, 0.717) is 13.0 Å². The average Bonchev–Trinajstić information content (AvgIpc) is 2.66. The molecule has 8 nitrogen and oxygen atoms in total. The molecule has 0 radical (unpaired) electrons. The van der Waals surface area contributed by atoms with E-state index in [9.17, 15) is 19.7 Å². The van der Waals surface area contributed by atoms with Gasteiger partial charge in [-0.1, -0.05) is 42.5 Å². The van der Waals surface area contributed by atoms with Crippen LogP contribution in [-0.4, -0.2) is 28.6 Å². The Morgan fingerprint density at radius 1 is 1.19 bits per heavy atom. The third-order valence-corrected chi connectivity index (χ3v) is 3.56. The van der Waals surface area contributed by atoms with Gasteiger partial charge in [-0.15, -0.1) is 0 Å². The number of aromatic carboxylic acids is 1. The van der Waals surface area contributed by atoms with Crippen LogP contribution in [-0.2, 0) is 11.3 Å². The number of carboxylic acid groups (broad SMARTS) is 1. The molecule has 0 saturated heterocycles. The molecule has 0 unspecified atom stereocenters. The zero-order chi connectivity index (χ0) is 19.6. The Labute approximate surface area is 155 Å². The smallest absolute Gasteiger partial charge is 0.407 e. The number of hydrogen-bond donors (Lipinski definition) is 2. The summed E-state index contributed by atoms with van der Waals surface area (Å²) in [5.41, 5.74) is 0.726. The number of nitrogens with one attached hydrogen (secondary N) is 1. The number of amides is 1. The highest BCUT2D eigenvalue weighted by atomic mass is 16.6. The number of carbonyl (C=O) groups is 2. The van der Waals surface area contributed by atoms with Gasteiger partial charge in [0.1, 0.15) is 6.61 Å². The number of rotatable bonds is 8. The van der Waals surface area contributed by atoms with Gasteiger partial charge in [0.05, 0.1) is 16.1 Å². The Kier molecular flexibility index (Phi) is 7.07. The summed E-state index contributed by atoms with van der Waals surface area (Å²) in [5, 5.41) is 22.5. The second-order valence-electron chi connectivity index (χ2n) is 5.52. The van der Waals surface area contributed by atoms with Crippen LogP contribution >= 0.6 is 0 Å². The summed E-state index contributed by atoms with van der Waals surface area (Å²) in [6, 6.07) is 13.0. The van der Waals surface area contributed by atoms with Gasteiger partial charge in [-0.25, -0.2) is 9.59 Å². The van der Waals surface area contributed by atoms with Crippen LogP contribution < -0.4 is 5.32 Å². The van der Waals surface area contributed by atoms with Crippen LogP contribution in [0.4, 0.5) is 10.5 Å². The molecule has 2 rings (SSSR count). The molecule has 2 aromatic carbocycles. The van der Waals surface area contributed by atoms with Crippen LogP contribution in [0.25, 0.3) is 6.08 Å². The normalized spacial score (nSPS) is 10.5. The first-order valence-electron chi connectivity index (χ1n) is 8.10. The third kappa shape index (κ3) is 6.28. The Morgan fingerprint density at radius 2 is 1.93 bits per heavy atom. The molecular formula is C19H18N2O6. The number of nitrogens with zero attached hydrogens (tertiary/aromatic N) is 1. The van der Waals surface area contributed by atoms with E-state index in [1.54, 1.807) is 6.08 Å². The molecule has 1 amide bonds. The number of nitro groups is 1. The highest BCUT2D eigenvalue weighted by molar-refractivity contribution is 5.89. The van der Waals surface area contributed by atoms with Gasteiger partial charge in [0.2, 0.25) is 0 Å². The Morgan fingerprint density at radius 3 is 2.59 bits per heavy atom. The van der Waals surface area contributed by atoms with E-state index < -0.39 is 17.0 Å². The molecule has 0 spiro atoms. The second kappa shape index (κ2) is 9.71. The maximum Gasteiger partial charge on any atom is 0.407 e. The minimum atomic E-state index is -1.23. The largest absolute Gasteiger partial charge is 0.478 e. The summed E-state index contributed by atoms with van der Waals surface area (Å²) in [7, 11) is 0. The van der Waals surface area contributed by atoms with Gasteiger partial charge in [0, 0.05) is 12.6 Å². The van der Waals surface area contributed by atoms with Gasteiger partial charge in [0.15, 0.2) is 0 Å². The lowest BCUT2D eigenvalue weighted by molar-refractivity contribution is -0.385. The van der Waals surface area contributed by atoms with Gasteiger partial charge >= 0.3 is 12.1 Å². The Hall–Kier alpha value is -3.68. The van der Waals surface area contributed by atoms with E-state index in [0.717, 1.165) is 11.6 Å². The number of carbonyl (C=O) groups excluding carboxylic acids is 1. The van der Waals surface area contributed by atoms with Crippen LogP contribution in [0.3, 0.4) is 0 Å². The van der Waals surface area contributed by atoms with Crippen molar-refractivity contribution in [3.8, 4) is 0 Å². The predicted octanol–water partition coefficient (Wildman–Crippen LogP) is 3.62. The summed E-state index contributed by atoms with van der Waals surface area (Å²) < 4.78 is 5.06. The fourth-order valence-electron chi connectivity index (χ4n) is 2.22. The van der Waals surface area contributed by atoms with E-state index >= 15 is 0 Å². The standard InChI is InChI=1S/C19H18N2O6/c22-18(23)16-10-9-15(17(12-16)21(25)26)8-4-5-11-20-19(24)27-13-14-6-2-1-3-7-14/h1-4,6-10,12H,5,11,13H2,(H,20,24)(H,22,23). The topological polar surface area (TPSA) is 119 Å². The van der Waals surface area contributed by atoms with Crippen molar-refractivity contribution < 1.29 is 24.4 Å². The molecule has 0 heterocycles. The summed E-state index contributed by atoms with van der Waals surface area (Å²) in [5.74, 6) is -1.23. The van der Waals surface area contributed by atoms with Gasteiger partial charge in [-0.2, -0.15) is 0 Å². The molecule has 0 bridgehead atoms. The van der Waals surface area contributed by atoms with Crippen LogP contribution in [0.5, 0.6) is 0 Å². The maximum absolute atomic E-state index is 11.6. The summed E-state index contributed by atoms with van der Waals surface area (Å²) in [6.07, 6.45) is 3.04. The zero-order valence-electron chi connectivity index (χ0n) is 14.3. The van der Waals surface area contributed by atoms with Crippen LogP contribution in [0.1, 0.15) is 27.9 Å². The van der Waals surface area contributed by atoms with E-state index in [1.165, 1.54) is 18.2 Å². The highest BCUT2D eigenvalue weighted by Crippen LogP contribution is 2.22. The summed E-state index contributed by atoms with van der Waals surface area (Å²) >= 11 is 0. The predicted molar refractivity (Wildman–Crippen MR) is 98.3 cm³/mol. The quantitative estimate of drug-likeness (QED) is 0.416. The number of alkyl carbamates (subject to hydrolysis) is 1. The van der Waals surface area contributed by atoms with Crippen LogP contribution in [0.2, 0.25) is 0 Å². The number of benzene rings is 2. The monoisotopic (exact) mass is 370 g/mol. The van der Waals surface area contributed by atoms with Crippen molar-refractivity contribution in [2.24, 2.45) is 0 Å². The molecule has 0 saturated carbocycles. The maximum atomic E-state index is 11.6. The lowest BCUT2D eigenvalue weighted by atomic mass is 10.1. The van der Waals surface area contributed by atoms with Crippen molar-refractivity contribution in [2.45, 2.75) is 13.0 Å². The summed E-state index contributed by atoms with van der Waals surface area (Å²) in [4.78, 5) is 32.9. The van der Waals surface area contributed by atoms with E-state index in [2.05, 4.69) is 5.32 Å². The van der Waals surface area contributed by atoms with Crippen molar-refractivity contribution in [2.75, 3.05) is 6.54 Å². The number of nitro benzene ring substituents is 1. The molecule has 140 valence electrons. The molecule has 0 aromatic heterocycles. The van der Waals surface area contributed by atoms with Crippen LogP contribution in [0.15, 0.2) is 54.6 Å². The van der Waals surface area contributed by atoms with E-state index in [-0.39, 0.29) is 23.4 Å². The van der Waals surface area contributed by atoms with Crippen molar-refractivity contribution in [3.05, 3.63) is 81.4 Å². The third-order valence-electron chi connectivity index (χ3n) is 3.56. The average molecular weight is 370 g/mol. The van der Waals surface area contributed by atoms with Crippen molar-refractivity contribution in [1.29, 1.82) is 0 Å². The molecule has 2 aromatic rings. The fraction of sp³-hybridized carbons (Fsp3) is 0.158. The van der Waals surface area contributed by atoms with E-state index in [1.807, 2.05) is 30.3 Å². The molecule has 0 fully saturated rings.